The van der Waals surface area contributed by atoms with Crippen LogP contribution in [-0.2, 0) is 18.0 Å². The molecular weight excluding hydrogens is 260 g/mol. The standard InChI is InChI=1S/C14H16N2O2S/c15-13(19)12-2-1-5-16(12)14(17)9-3-4-10-7-18-8-11(10)6-9/h3-4,6,12H,1-2,5,7-8H2,(H2,15,19). The monoisotopic (exact) mass is 276 g/mol. The van der Waals surface area contributed by atoms with Gasteiger partial charge in [0.05, 0.1) is 24.2 Å². The summed E-state index contributed by atoms with van der Waals surface area (Å²) in [6.07, 6.45) is 1.83. The van der Waals surface area contributed by atoms with E-state index in [1.165, 1.54) is 5.56 Å². The van der Waals surface area contributed by atoms with Gasteiger partial charge in [0, 0.05) is 12.1 Å². The third kappa shape index (κ3) is 2.24. The number of benzene rings is 1. The largest absolute Gasteiger partial charge is 0.392 e. The minimum Gasteiger partial charge on any atom is -0.392 e. The fraction of sp³-hybridized carbons (Fsp3) is 0.429. The molecule has 0 aliphatic carbocycles. The van der Waals surface area contributed by atoms with Gasteiger partial charge in [-0.3, -0.25) is 4.79 Å². The van der Waals surface area contributed by atoms with Crippen molar-refractivity contribution in [3.63, 3.8) is 0 Å². The number of nitrogens with zero attached hydrogens (tertiary/aromatic N) is 1. The fourth-order valence-corrected chi connectivity index (χ4v) is 3.02. The van der Waals surface area contributed by atoms with E-state index in [0.29, 0.717) is 23.8 Å². The Morgan fingerprint density at radius 2 is 2.16 bits per heavy atom. The van der Waals surface area contributed by atoms with E-state index in [1.54, 1.807) is 4.90 Å². The van der Waals surface area contributed by atoms with Crippen molar-refractivity contribution in [2.75, 3.05) is 6.54 Å². The van der Waals surface area contributed by atoms with Crippen molar-refractivity contribution in [2.24, 2.45) is 5.73 Å². The highest BCUT2D eigenvalue weighted by Crippen LogP contribution is 2.24. The number of hydrogen-bond acceptors (Lipinski definition) is 3. The second-order valence-corrected chi connectivity index (χ2v) is 5.51. The lowest BCUT2D eigenvalue weighted by molar-refractivity contribution is 0.0770. The fourth-order valence-electron chi connectivity index (χ4n) is 2.78. The van der Waals surface area contributed by atoms with Gasteiger partial charge in [0.15, 0.2) is 0 Å². The second-order valence-electron chi connectivity index (χ2n) is 5.04. The highest BCUT2D eigenvalue weighted by Gasteiger charge is 2.31. The van der Waals surface area contributed by atoms with Gasteiger partial charge in [-0.05, 0) is 36.1 Å². The molecule has 2 heterocycles. The molecule has 3 rings (SSSR count). The van der Waals surface area contributed by atoms with E-state index in [-0.39, 0.29) is 11.9 Å². The lowest BCUT2D eigenvalue weighted by Gasteiger charge is -2.24. The van der Waals surface area contributed by atoms with E-state index in [1.807, 2.05) is 18.2 Å². The van der Waals surface area contributed by atoms with Gasteiger partial charge in [-0.15, -0.1) is 0 Å². The Bertz CT molecular complexity index is 544. The molecule has 4 nitrogen and oxygen atoms in total. The highest BCUT2D eigenvalue weighted by molar-refractivity contribution is 7.80. The van der Waals surface area contributed by atoms with Crippen LogP contribution >= 0.6 is 12.2 Å². The van der Waals surface area contributed by atoms with Crippen LogP contribution in [0.5, 0.6) is 0 Å². The molecule has 0 saturated carbocycles. The zero-order valence-corrected chi connectivity index (χ0v) is 11.4. The zero-order valence-electron chi connectivity index (χ0n) is 10.6. The molecule has 1 atom stereocenters. The first kappa shape index (κ1) is 12.6. The molecule has 1 unspecified atom stereocenters. The topological polar surface area (TPSA) is 55.6 Å². The normalized spacial score (nSPS) is 21.5. The highest BCUT2D eigenvalue weighted by atomic mass is 32.1. The Morgan fingerprint density at radius 1 is 1.37 bits per heavy atom. The summed E-state index contributed by atoms with van der Waals surface area (Å²) in [6, 6.07) is 5.68. The smallest absolute Gasteiger partial charge is 0.254 e. The van der Waals surface area contributed by atoms with Gasteiger partial charge >= 0.3 is 0 Å². The minimum atomic E-state index is -0.0907. The summed E-state index contributed by atoms with van der Waals surface area (Å²) in [4.78, 5) is 14.7. The van der Waals surface area contributed by atoms with E-state index in [9.17, 15) is 4.79 Å². The number of fused-ring (bicyclic) bond motifs is 1. The maximum atomic E-state index is 12.5. The molecule has 0 spiro atoms. The van der Waals surface area contributed by atoms with Crippen LogP contribution in [0.1, 0.15) is 34.3 Å². The molecule has 1 amide bonds. The Kier molecular flexibility index (Phi) is 3.24. The molecular formula is C14H16N2O2S. The quantitative estimate of drug-likeness (QED) is 0.834. The second kappa shape index (κ2) is 4.90. The van der Waals surface area contributed by atoms with Crippen LogP contribution in [0.15, 0.2) is 18.2 Å². The van der Waals surface area contributed by atoms with Crippen LogP contribution in [0, 0.1) is 0 Å². The summed E-state index contributed by atoms with van der Waals surface area (Å²) in [5.74, 6) is 0.0185. The minimum absolute atomic E-state index is 0.0185. The molecule has 0 aromatic heterocycles. The summed E-state index contributed by atoms with van der Waals surface area (Å²) in [6.45, 7) is 1.96. The number of carbonyl (C=O) groups is 1. The average Bonchev–Trinajstić information content (AvgIpc) is 3.05. The number of hydrogen-bond donors (Lipinski definition) is 1. The van der Waals surface area contributed by atoms with Gasteiger partial charge in [0.2, 0.25) is 0 Å². The predicted octanol–water partition coefficient (Wildman–Crippen LogP) is 1.61. The van der Waals surface area contributed by atoms with Gasteiger partial charge in [-0.1, -0.05) is 18.3 Å². The van der Waals surface area contributed by atoms with Gasteiger partial charge < -0.3 is 15.4 Å². The molecule has 0 radical (unpaired) electrons. The number of ether oxygens (including phenoxy) is 1. The summed E-state index contributed by atoms with van der Waals surface area (Å²) >= 11 is 5.04. The van der Waals surface area contributed by atoms with Crippen molar-refractivity contribution in [3.05, 3.63) is 34.9 Å². The van der Waals surface area contributed by atoms with Crippen molar-refractivity contribution in [1.82, 2.24) is 4.90 Å². The average molecular weight is 276 g/mol. The number of rotatable bonds is 2. The Hall–Kier alpha value is -1.46. The zero-order chi connectivity index (χ0) is 13.4. The number of thiocarbonyl (C=S) groups is 1. The van der Waals surface area contributed by atoms with Crippen molar-refractivity contribution >= 4 is 23.1 Å². The van der Waals surface area contributed by atoms with E-state index in [4.69, 9.17) is 22.7 Å². The van der Waals surface area contributed by atoms with Crippen LogP contribution in [0.3, 0.4) is 0 Å². The van der Waals surface area contributed by atoms with E-state index >= 15 is 0 Å². The summed E-state index contributed by atoms with van der Waals surface area (Å²) in [7, 11) is 0. The summed E-state index contributed by atoms with van der Waals surface area (Å²) in [5, 5.41) is 0. The molecule has 1 fully saturated rings. The molecule has 1 aromatic carbocycles. The molecule has 1 saturated heterocycles. The molecule has 2 N–H and O–H groups in total. The van der Waals surface area contributed by atoms with E-state index in [2.05, 4.69) is 0 Å². The lowest BCUT2D eigenvalue weighted by atomic mass is 10.1. The van der Waals surface area contributed by atoms with Crippen LogP contribution in [-0.4, -0.2) is 28.4 Å². The third-order valence-electron chi connectivity index (χ3n) is 3.81. The molecule has 19 heavy (non-hydrogen) atoms. The molecule has 1 aromatic rings. The Labute approximate surface area is 117 Å². The third-order valence-corrected chi connectivity index (χ3v) is 4.08. The SMILES string of the molecule is NC(=S)C1CCCN1C(=O)c1ccc2c(c1)COC2. The van der Waals surface area contributed by atoms with Gasteiger partial charge in [0.25, 0.3) is 5.91 Å². The first-order valence-electron chi connectivity index (χ1n) is 6.46. The first-order valence-corrected chi connectivity index (χ1v) is 6.87. The number of amides is 1. The maximum absolute atomic E-state index is 12.5. The van der Waals surface area contributed by atoms with Crippen molar-refractivity contribution in [2.45, 2.75) is 32.1 Å². The Balaban J connectivity index is 1.85. The van der Waals surface area contributed by atoms with Crippen LogP contribution in [0.4, 0.5) is 0 Å². The molecule has 100 valence electrons. The number of likely N-dealkylation sites (tertiary alicyclic amines) is 1. The Morgan fingerprint density at radius 3 is 2.95 bits per heavy atom. The molecule has 0 bridgehead atoms. The van der Waals surface area contributed by atoms with E-state index in [0.717, 1.165) is 24.9 Å². The van der Waals surface area contributed by atoms with Crippen LogP contribution in [0.25, 0.3) is 0 Å². The molecule has 2 aliphatic rings. The van der Waals surface area contributed by atoms with Crippen molar-refractivity contribution in [3.8, 4) is 0 Å². The van der Waals surface area contributed by atoms with Crippen molar-refractivity contribution in [1.29, 1.82) is 0 Å². The van der Waals surface area contributed by atoms with Gasteiger partial charge in [-0.25, -0.2) is 0 Å². The number of nitrogens with two attached hydrogens (primary N) is 1. The summed E-state index contributed by atoms with van der Waals surface area (Å²) in [5.41, 5.74) is 8.69. The predicted molar refractivity (Wildman–Crippen MR) is 75.8 cm³/mol. The van der Waals surface area contributed by atoms with Gasteiger partial charge in [-0.2, -0.15) is 0 Å². The van der Waals surface area contributed by atoms with E-state index < -0.39 is 0 Å². The van der Waals surface area contributed by atoms with Crippen LogP contribution < -0.4 is 5.73 Å². The lowest BCUT2D eigenvalue weighted by Crippen LogP contribution is -2.42. The van der Waals surface area contributed by atoms with Gasteiger partial charge in [0.1, 0.15) is 0 Å². The first-order chi connectivity index (χ1) is 9.16. The van der Waals surface area contributed by atoms with Crippen molar-refractivity contribution < 1.29 is 9.53 Å². The maximum Gasteiger partial charge on any atom is 0.254 e. The van der Waals surface area contributed by atoms with Crippen LogP contribution in [0.2, 0.25) is 0 Å². The molecule has 5 heteroatoms. The summed E-state index contributed by atoms with van der Waals surface area (Å²) < 4.78 is 5.37. The number of carbonyl (C=O) groups excluding carboxylic acids is 1. The molecule has 2 aliphatic heterocycles.